The quantitative estimate of drug-likeness (QED) is 0.724. The molecule has 2 aromatic rings. The number of rotatable bonds is 1. The second-order valence-electron chi connectivity index (χ2n) is 3.23. The van der Waals surface area contributed by atoms with E-state index in [1.165, 1.54) is 0 Å². The fraction of sp³-hybridized carbons (Fsp3) is 0.200. The normalized spacial score (nSPS) is 11.8. The van der Waals surface area contributed by atoms with E-state index >= 15 is 0 Å². The maximum Gasteiger partial charge on any atom is 0.416 e. The average molecular weight is 245 g/mol. The highest BCUT2D eigenvalue weighted by atomic mass is 19.4. The molecule has 0 aliphatic rings. The SMILES string of the molecule is COC(=O)c1onc2cc(C(F)(F)F)ccc12. The van der Waals surface area contributed by atoms with Crippen LogP contribution < -0.4 is 0 Å². The summed E-state index contributed by atoms with van der Waals surface area (Å²) in [6.07, 6.45) is -4.46. The van der Waals surface area contributed by atoms with Gasteiger partial charge in [0.15, 0.2) is 0 Å². The van der Waals surface area contributed by atoms with E-state index in [2.05, 4.69) is 14.4 Å². The van der Waals surface area contributed by atoms with Gasteiger partial charge in [-0.3, -0.25) is 0 Å². The Morgan fingerprint density at radius 3 is 2.71 bits per heavy atom. The lowest BCUT2D eigenvalue weighted by atomic mass is 10.1. The molecule has 0 amide bonds. The summed E-state index contributed by atoms with van der Waals surface area (Å²) in [7, 11) is 1.14. The summed E-state index contributed by atoms with van der Waals surface area (Å²) in [6.45, 7) is 0. The molecule has 0 bridgehead atoms. The van der Waals surface area contributed by atoms with E-state index in [-0.39, 0.29) is 16.7 Å². The number of hydrogen-bond donors (Lipinski definition) is 0. The second kappa shape index (κ2) is 3.76. The number of benzene rings is 1. The van der Waals surface area contributed by atoms with Crippen molar-refractivity contribution in [2.75, 3.05) is 7.11 Å². The van der Waals surface area contributed by atoms with Gasteiger partial charge in [0.1, 0.15) is 5.52 Å². The molecule has 0 unspecified atom stereocenters. The zero-order valence-electron chi connectivity index (χ0n) is 8.54. The zero-order chi connectivity index (χ0) is 12.6. The molecular weight excluding hydrogens is 239 g/mol. The van der Waals surface area contributed by atoms with Crippen LogP contribution in [0.4, 0.5) is 13.2 Å². The molecule has 0 atom stereocenters. The number of fused-ring (bicyclic) bond motifs is 1. The number of esters is 1. The Bertz CT molecular complexity index is 574. The monoisotopic (exact) mass is 245 g/mol. The van der Waals surface area contributed by atoms with Crippen LogP contribution in [-0.2, 0) is 10.9 Å². The molecule has 0 fully saturated rings. The van der Waals surface area contributed by atoms with Gasteiger partial charge in [0.25, 0.3) is 5.76 Å². The molecule has 0 aliphatic carbocycles. The third-order valence-corrected chi connectivity index (χ3v) is 2.18. The fourth-order valence-electron chi connectivity index (χ4n) is 1.36. The van der Waals surface area contributed by atoms with E-state index < -0.39 is 17.7 Å². The summed E-state index contributed by atoms with van der Waals surface area (Å²) in [5.74, 6) is -0.997. The topological polar surface area (TPSA) is 52.3 Å². The first-order valence-electron chi connectivity index (χ1n) is 4.48. The van der Waals surface area contributed by atoms with Crippen molar-refractivity contribution >= 4 is 16.9 Å². The summed E-state index contributed by atoms with van der Waals surface area (Å²) in [5, 5.41) is 3.57. The average Bonchev–Trinajstić information content (AvgIpc) is 2.69. The first-order valence-corrected chi connectivity index (χ1v) is 4.48. The van der Waals surface area contributed by atoms with Crippen molar-refractivity contribution in [2.45, 2.75) is 6.18 Å². The van der Waals surface area contributed by atoms with Crippen molar-refractivity contribution in [3.63, 3.8) is 0 Å². The Morgan fingerprint density at radius 2 is 2.12 bits per heavy atom. The summed E-state index contributed by atoms with van der Waals surface area (Å²) < 4.78 is 46.2. The Hall–Kier alpha value is -2.05. The molecule has 90 valence electrons. The maximum absolute atomic E-state index is 12.4. The highest BCUT2D eigenvalue weighted by molar-refractivity contribution is 6.00. The minimum atomic E-state index is -4.46. The summed E-state index contributed by atoms with van der Waals surface area (Å²) in [6, 6.07) is 2.79. The smallest absolute Gasteiger partial charge is 0.416 e. The third-order valence-electron chi connectivity index (χ3n) is 2.18. The summed E-state index contributed by atoms with van der Waals surface area (Å²) >= 11 is 0. The summed E-state index contributed by atoms with van der Waals surface area (Å²) in [5.41, 5.74) is -0.894. The van der Waals surface area contributed by atoms with Gasteiger partial charge in [-0.2, -0.15) is 13.2 Å². The maximum atomic E-state index is 12.4. The molecule has 0 aliphatic heterocycles. The number of halogens is 3. The van der Waals surface area contributed by atoms with Gasteiger partial charge in [-0.15, -0.1) is 0 Å². The van der Waals surface area contributed by atoms with E-state index in [1.54, 1.807) is 0 Å². The zero-order valence-corrected chi connectivity index (χ0v) is 8.54. The highest BCUT2D eigenvalue weighted by Gasteiger charge is 2.31. The molecule has 2 rings (SSSR count). The molecule has 0 spiro atoms. The van der Waals surface area contributed by atoms with Crippen molar-refractivity contribution in [3.8, 4) is 0 Å². The molecule has 0 saturated heterocycles. The molecule has 1 aromatic carbocycles. The molecule has 7 heteroatoms. The Balaban J connectivity index is 2.56. The number of carbonyl (C=O) groups excluding carboxylic acids is 1. The van der Waals surface area contributed by atoms with Crippen LogP contribution in [0.2, 0.25) is 0 Å². The van der Waals surface area contributed by atoms with E-state index in [4.69, 9.17) is 0 Å². The second-order valence-corrected chi connectivity index (χ2v) is 3.23. The number of carbonyl (C=O) groups is 1. The summed E-state index contributed by atoms with van der Waals surface area (Å²) in [4.78, 5) is 11.2. The van der Waals surface area contributed by atoms with Crippen LogP contribution in [0.3, 0.4) is 0 Å². The standard InChI is InChI=1S/C10H6F3NO3/c1-16-9(15)8-6-3-2-5(10(11,12)13)4-7(6)14-17-8/h2-4H,1H3. The van der Waals surface area contributed by atoms with Gasteiger partial charge < -0.3 is 9.26 Å². The number of alkyl halides is 3. The van der Waals surface area contributed by atoms with Crippen LogP contribution in [0, 0.1) is 0 Å². The van der Waals surface area contributed by atoms with Crippen molar-refractivity contribution in [1.82, 2.24) is 5.16 Å². The molecule has 1 aromatic heterocycles. The molecule has 1 heterocycles. The lowest BCUT2D eigenvalue weighted by Gasteiger charge is -2.04. The predicted octanol–water partition coefficient (Wildman–Crippen LogP) is 2.63. The Labute approximate surface area is 92.9 Å². The van der Waals surface area contributed by atoms with Crippen LogP contribution in [0.1, 0.15) is 16.1 Å². The molecule has 0 saturated carbocycles. The van der Waals surface area contributed by atoms with Crippen molar-refractivity contribution in [3.05, 3.63) is 29.5 Å². The van der Waals surface area contributed by atoms with Gasteiger partial charge in [-0.25, -0.2) is 4.79 Å². The van der Waals surface area contributed by atoms with Crippen molar-refractivity contribution in [2.24, 2.45) is 0 Å². The van der Waals surface area contributed by atoms with Gasteiger partial charge in [0, 0.05) is 0 Å². The van der Waals surface area contributed by atoms with E-state index in [1.807, 2.05) is 0 Å². The highest BCUT2D eigenvalue weighted by Crippen LogP contribution is 2.32. The van der Waals surface area contributed by atoms with Gasteiger partial charge in [0.05, 0.1) is 18.1 Å². The van der Waals surface area contributed by atoms with Crippen molar-refractivity contribution in [1.29, 1.82) is 0 Å². The van der Waals surface area contributed by atoms with Crippen LogP contribution in [0.25, 0.3) is 10.9 Å². The van der Waals surface area contributed by atoms with E-state index in [0.717, 1.165) is 25.3 Å². The number of methoxy groups -OCH3 is 1. The van der Waals surface area contributed by atoms with Crippen LogP contribution in [0.15, 0.2) is 22.7 Å². The minimum Gasteiger partial charge on any atom is -0.463 e. The Morgan fingerprint density at radius 1 is 1.41 bits per heavy atom. The van der Waals surface area contributed by atoms with Crippen LogP contribution in [-0.4, -0.2) is 18.2 Å². The van der Waals surface area contributed by atoms with Gasteiger partial charge in [-0.1, -0.05) is 5.16 Å². The van der Waals surface area contributed by atoms with Crippen LogP contribution >= 0.6 is 0 Å². The first kappa shape index (κ1) is 11.4. The Kier molecular flexibility index (Phi) is 2.53. The number of nitrogens with zero attached hydrogens (tertiary/aromatic N) is 1. The lowest BCUT2D eigenvalue weighted by molar-refractivity contribution is -0.137. The van der Waals surface area contributed by atoms with Gasteiger partial charge >= 0.3 is 12.1 Å². The molecule has 0 radical (unpaired) electrons. The van der Waals surface area contributed by atoms with Crippen molar-refractivity contribution < 1.29 is 27.2 Å². The van der Waals surface area contributed by atoms with Crippen LogP contribution in [0.5, 0.6) is 0 Å². The molecular formula is C10H6F3NO3. The number of aromatic nitrogens is 1. The number of ether oxygens (including phenoxy) is 1. The van der Waals surface area contributed by atoms with Gasteiger partial charge in [-0.05, 0) is 18.2 Å². The minimum absolute atomic E-state index is 0.0415. The fourth-order valence-corrected chi connectivity index (χ4v) is 1.36. The van der Waals surface area contributed by atoms with Gasteiger partial charge in [0.2, 0.25) is 0 Å². The largest absolute Gasteiger partial charge is 0.463 e. The molecule has 4 nitrogen and oxygen atoms in total. The molecule has 0 N–H and O–H groups in total. The first-order chi connectivity index (χ1) is 7.93. The predicted molar refractivity (Wildman–Crippen MR) is 50.4 cm³/mol. The number of hydrogen-bond acceptors (Lipinski definition) is 4. The third kappa shape index (κ3) is 1.95. The van der Waals surface area contributed by atoms with E-state index in [9.17, 15) is 18.0 Å². The molecule has 17 heavy (non-hydrogen) atoms. The lowest BCUT2D eigenvalue weighted by Crippen LogP contribution is -2.04. The van der Waals surface area contributed by atoms with E-state index in [0.29, 0.717) is 0 Å².